The molecule has 2 aromatic carbocycles. The van der Waals surface area contributed by atoms with E-state index in [1.165, 1.54) is 11.1 Å². The number of rotatable bonds is 7. The summed E-state index contributed by atoms with van der Waals surface area (Å²) in [6.45, 7) is 2.96. The van der Waals surface area contributed by atoms with Crippen molar-refractivity contribution < 1.29 is 9.84 Å². The number of hydrogen-bond donors (Lipinski definition) is 1. The molecule has 1 atom stereocenters. The van der Waals surface area contributed by atoms with Gasteiger partial charge in [0, 0.05) is 6.61 Å². The molecule has 20 heavy (non-hydrogen) atoms. The molecule has 1 N–H and O–H groups in total. The summed E-state index contributed by atoms with van der Waals surface area (Å²) in [5.74, 6) is 1.14. The van der Waals surface area contributed by atoms with Crippen molar-refractivity contribution >= 4 is 0 Å². The van der Waals surface area contributed by atoms with E-state index in [-0.39, 0.29) is 12.5 Å². The van der Waals surface area contributed by atoms with Crippen molar-refractivity contribution in [2.24, 2.45) is 5.92 Å². The van der Waals surface area contributed by atoms with Gasteiger partial charge in [0.05, 0.1) is 6.61 Å². The molecular weight excluding hydrogens is 248 g/mol. The summed E-state index contributed by atoms with van der Waals surface area (Å²) < 4.78 is 5.70. The summed E-state index contributed by atoms with van der Waals surface area (Å²) in [5, 5.41) is 9.52. The Balaban J connectivity index is 1.82. The zero-order chi connectivity index (χ0) is 14.2. The molecule has 2 rings (SSSR count). The van der Waals surface area contributed by atoms with E-state index in [4.69, 9.17) is 4.74 Å². The SMILES string of the molecule is Cc1ccccc1CC(CO)CCOc1ccccc1. The zero-order valence-corrected chi connectivity index (χ0v) is 12.0. The van der Waals surface area contributed by atoms with Crippen molar-refractivity contribution in [1.82, 2.24) is 0 Å². The Morgan fingerprint density at radius 3 is 2.40 bits per heavy atom. The maximum Gasteiger partial charge on any atom is 0.119 e. The number of aliphatic hydroxyl groups is 1. The molecule has 0 heterocycles. The first kappa shape index (κ1) is 14.6. The second-order valence-electron chi connectivity index (χ2n) is 5.13. The Bertz CT molecular complexity index is 508. The normalized spacial score (nSPS) is 12.1. The summed E-state index contributed by atoms with van der Waals surface area (Å²) in [6.07, 6.45) is 1.76. The summed E-state index contributed by atoms with van der Waals surface area (Å²) >= 11 is 0. The number of para-hydroxylation sites is 1. The molecule has 1 unspecified atom stereocenters. The van der Waals surface area contributed by atoms with Crippen LogP contribution in [-0.4, -0.2) is 18.3 Å². The van der Waals surface area contributed by atoms with Gasteiger partial charge in [-0.2, -0.15) is 0 Å². The van der Waals surface area contributed by atoms with Crippen LogP contribution in [0.1, 0.15) is 17.5 Å². The van der Waals surface area contributed by atoms with Crippen LogP contribution in [0.25, 0.3) is 0 Å². The number of benzene rings is 2. The lowest BCUT2D eigenvalue weighted by Gasteiger charge is -2.16. The highest BCUT2D eigenvalue weighted by Crippen LogP contribution is 2.16. The Morgan fingerprint density at radius 2 is 1.70 bits per heavy atom. The fourth-order valence-electron chi connectivity index (χ4n) is 2.27. The van der Waals surface area contributed by atoms with Crippen LogP contribution in [0.15, 0.2) is 54.6 Å². The average Bonchev–Trinajstić information content (AvgIpc) is 2.49. The summed E-state index contributed by atoms with van der Waals surface area (Å²) in [7, 11) is 0. The molecule has 0 aromatic heterocycles. The highest BCUT2D eigenvalue weighted by molar-refractivity contribution is 5.26. The second-order valence-corrected chi connectivity index (χ2v) is 5.13. The van der Waals surface area contributed by atoms with E-state index in [0.717, 1.165) is 18.6 Å². The Kier molecular flexibility index (Phi) is 5.63. The molecule has 0 aliphatic rings. The number of hydrogen-bond acceptors (Lipinski definition) is 2. The van der Waals surface area contributed by atoms with Gasteiger partial charge in [-0.15, -0.1) is 0 Å². The number of ether oxygens (including phenoxy) is 1. The molecule has 0 spiro atoms. The van der Waals surface area contributed by atoms with Gasteiger partial charge in [0.25, 0.3) is 0 Å². The molecule has 2 nitrogen and oxygen atoms in total. The maximum absolute atomic E-state index is 9.52. The first-order valence-electron chi connectivity index (χ1n) is 7.13. The lowest BCUT2D eigenvalue weighted by molar-refractivity contribution is 0.190. The minimum Gasteiger partial charge on any atom is -0.494 e. The highest BCUT2D eigenvalue weighted by Gasteiger charge is 2.10. The van der Waals surface area contributed by atoms with E-state index < -0.39 is 0 Å². The van der Waals surface area contributed by atoms with Crippen LogP contribution < -0.4 is 4.74 Å². The second kappa shape index (κ2) is 7.71. The predicted octanol–water partition coefficient (Wildman–Crippen LogP) is 3.62. The fourth-order valence-corrected chi connectivity index (χ4v) is 2.27. The van der Waals surface area contributed by atoms with Gasteiger partial charge in [-0.25, -0.2) is 0 Å². The number of aryl methyl sites for hydroxylation is 1. The molecule has 0 saturated carbocycles. The van der Waals surface area contributed by atoms with E-state index >= 15 is 0 Å². The first-order chi connectivity index (χ1) is 9.79. The smallest absolute Gasteiger partial charge is 0.119 e. The quantitative estimate of drug-likeness (QED) is 0.832. The molecule has 2 heteroatoms. The third kappa shape index (κ3) is 4.39. The molecule has 0 aliphatic heterocycles. The maximum atomic E-state index is 9.52. The van der Waals surface area contributed by atoms with Crippen LogP contribution in [0.5, 0.6) is 5.75 Å². The van der Waals surface area contributed by atoms with Crippen molar-refractivity contribution in [3.05, 3.63) is 65.7 Å². The molecule has 0 radical (unpaired) electrons. The molecular formula is C18H22O2. The van der Waals surface area contributed by atoms with Crippen molar-refractivity contribution in [3.63, 3.8) is 0 Å². The van der Waals surface area contributed by atoms with Crippen LogP contribution in [-0.2, 0) is 6.42 Å². The van der Waals surface area contributed by atoms with Gasteiger partial charge < -0.3 is 9.84 Å². The largest absolute Gasteiger partial charge is 0.494 e. The van der Waals surface area contributed by atoms with Crippen LogP contribution >= 0.6 is 0 Å². The Hall–Kier alpha value is -1.80. The summed E-state index contributed by atoms with van der Waals surface area (Å²) in [6, 6.07) is 18.2. The highest BCUT2D eigenvalue weighted by atomic mass is 16.5. The van der Waals surface area contributed by atoms with Gasteiger partial charge in [0.2, 0.25) is 0 Å². The Labute approximate surface area is 121 Å². The van der Waals surface area contributed by atoms with Gasteiger partial charge in [-0.1, -0.05) is 42.5 Å². The molecule has 0 saturated heterocycles. The average molecular weight is 270 g/mol. The van der Waals surface area contributed by atoms with Gasteiger partial charge >= 0.3 is 0 Å². The molecule has 2 aromatic rings. The van der Waals surface area contributed by atoms with E-state index in [1.54, 1.807) is 0 Å². The molecule has 106 valence electrons. The third-order valence-corrected chi connectivity index (χ3v) is 3.57. The van der Waals surface area contributed by atoms with Crippen molar-refractivity contribution in [2.75, 3.05) is 13.2 Å². The van der Waals surface area contributed by atoms with Crippen molar-refractivity contribution in [3.8, 4) is 5.75 Å². The lowest BCUT2D eigenvalue weighted by atomic mass is 9.94. The molecule has 0 aliphatic carbocycles. The monoisotopic (exact) mass is 270 g/mol. The van der Waals surface area contributed by atoms with Crippen LogP contribution in [0, 0.1) is 12.8 Å². The van der Waals surface area contributed by atoms with Gasteiger partial charge in [0.15, 0.2) is 0 Å². The summed E-state index contributed by atoms with van der Waals surface area (Å²) in [4.78, 5) is 0. The van der Waals surface area contributed by atoms with Crippen LogP contribution in [0.2, 0.25) is 0 Å². The lowest BCUT2D eigenvalue weighted by Crippen LogP contribution is -2.14. The first-order valence-corrected chi connectivity index (χ1v) is 7.13. The third-order valence-electron chi connectivity index (χ3n) is 3.57. The molecule has 0 fully saturated rings. The van der Waals surface area contributed by atoms with Gasteiger partial charge in [-0.3, -0.25) is 0 Å². The van der Waals surface area contributed by atoms with E-state index in [2.05, 4.69) is 25.1 Å². The minimum absolute atomic E-state index is 0.201. The summed E-state index contributed by atoms with van der Waals surface area (Å²) in [5.41, 5.74) is 2.60. The molecule has 0 amide bonds. The van der Waals surface area contributed by atoms with E-state index in [0.29, 0.717) is 6.61 Å². The van der Waals surface area contributed by atoms with Crippen molar-refractivity contribution in [2.45, 2.75) is 19.8 Å². The van der Waals surface area contributed by atoms with Crippen molar-refractivity contribution in [1.29, 1.82) is 0 Å². The fraction of sp³-hybridized carbons (Fsp3) is 0.333. The zero-order valence-electron chi connectivity index (χ0n) is 12.0. The van der Waals surface area contributed by atoms with Gasteiger partial charge in [-0.05, 0) is 48.9 Å². The Morgan fingerprint density at radius 1 is 1.00 bits per heavy atom. The van der Waals surface area contributed by atoms with Gasteiger partial charge in [0.1, 0.15) is 5.75 Å². The molecule has 0 bridgehead atoms. The predicted molar refractivity (Wildman–Crippen MR) is 82.0 cm³/mol. The topological polar surface area (TPSA) is 29.5 Å². The van der Waals surface area contributed by atoms with Crippen LogP contribution in [0.3, 0.4) is 0 Å². The minimum atomic E-state index is 0.201. The van der Waals surface area contributed by atoms with E-state index in [1.807, 2.05) is 36.4 Å². The van der Waals surface area contributed by atoms with Crippen LogP contribution in [0.4, 0.5) is 0 Å². The van der Waals surface area contributed by atoms with E-state index in [9.17, 15) is 5.11 Å². The standard InChI is InChI=1S/C18H22O2/c1-15-7-5-6-8-17(15)13-16(14-19)11-12-20-18-9-3-2-4-10-18/h2-10,16,19H,11-14H2,1H3. The number of aliphatic hydroxyl groups excluding tert-OH is 1.